The van der Waals surface area contributed by atoms with Gasteiger partial charge in [0.15, 0.2) is 11.5 Å². The van der Waals surface area contributed by atoms with Crippen LogP contribution in [0.25, 0.3) is 0 Å². The number of benzene rings is 1. The lowest BCUT2D eigenvalue weighted by Crippen LogP contribution is -2.30. The summed E-state index contributed by atoms with van der Waals surface area (Å²) < 4.78 is 12.1. The maximum atomic E-state index is 10.6. The van der Waals surface area contributed by atoms with Gasteiger partial charge in [0.25, 0.3) is 0 Å². The van der Waals surface area contributed by atoms with Gasteiger partial charge in [-0.2, -0.15) is 0 Å². The number of aromatic nitrogens is 3. The topological polar surface area (TPSA) is 69.4 Å². The van der Waals surface area contributed by atoms with Crippen molar-refractivity contribution in [3.8, 4) is 11.5 Å². The predicted octanol–water partition coefficient (Wildman–Crippen LogP) is 1.37. The molecule has 1 atom stereocenters. The molecule has 0 aliphatic carbocycles. The van der Waals surface area contributed by atoms with Crippen LogP contribution in [0.5, 0.6) is 11.5 Å². The van der Waals surface area contributed by atoms with Gasteiger partial charge in [-0.05, 0) is 24.6 Å². The minimum atomic E-state index is -0.907. The molecule has 1 unspecified atom stereocenters. The van der Waals surface area contributed by atoms with Crippen LogP contribution >= 0.6 is 0 Å². The first-order chi connectivity index (χ1) is 9.93. The first kappa shape index (κ1) is 15.3. The monoisotopic (exact) mass is 291 g/mol. The maximum Gasteiger partial charge on any atom is 0.160 e. The molecule has 0 fully saturated rings. The molecule has 114 valence electrons. The van der Waals surface area contributed by atoms with Crippen molar-refractivity contribution in [2.75, 3.05) is 14.2 Å². The van der Waals surface area contributed by atoms with Crippen molar-refractivity contribution < 1.29 is 14.6 Å². The Hall–Kier alpha value is -2.08. The van der Waals surface area contributed by atoms with Crippen molar-refractivity contribution in [2.45, 2.75) is 25.4 Å². The fourth-order valence-corrected chi connectivity index (χ4v) is 2.36. The van der Waals surface area contributed by atoms with Gasteiger partial charge in [-0.3, -0.25) is 4.68 Å². The van der Waals surface area contributed by atoms with Gasteiger partial charge >= 0.3 is 0 Å². The average Bonchev–Trinajstić information content (AvgIpc) is 2.82. The fraction of sp³-hybridized carbons (Fsp3) is 0.467. The highest BCUT2D eigenvalue weighted by molar-refractivity contribution is 5.43. The molecule has 1 N–H and O–H groups in total. The van der Waals surface area contributed by atoms with Crippen molar-refractivity contribution in [3.63, 3.8) is 0 Å². The molecule has 1 aromatic carbocycles. The second kappa shape index (κ2) is 6.13. The van der Waals surface area contributed by atoms with Crippen LogP contribution in [0.1, 0.15) is 18.2 Å². The van der Waals surface area contributed by atoms with E-state index in [0.717, 1.165) is 11.3 Å². The van der Waals surface area contributed by atoms with E-state index in [0.29, 0.717) is 24.3 Å². The van der Waals surface area contributed by atoms with E-state index in [4.69, 9.17) is 9.47 Å². The molecule has 0 saturated heterocycles. The summed E-state index contributed by atoms with van der Waals surface area (Å²) >= 11 is 0. The lowest BCUT2D eigenvalue weighted by Gasteiger charge is -2.22. The average molecular weight is 291 g/mol. The van der Waals surface area contributed by atoms with Crippen molar-refractivity contribution in [3.05, 3.63) is 35.7 Å². The van der Waals surface area contributed by atoms with Crippen LogP contribution in [0, 0.1) is 0 Å². The van der Waals surface area contributed by atoms with Crippen LogP contribution < -0.4 is 9.47 Å². The van der Waals surface area contributed by atoms with Gasteiger partial charge in [-0.1, -0.05) is 11.3 Å². The summed E-state index contributed by atoms with van der Waals surface area (Å²) in [7, 11) is 5.00. The molecule has 0 aliphatic heterocycles. The Morgan fingerprint density at radius 1 is 1.19 bits per heavy atom. The highest BCUT2D eigenvalue weighted by atomic mass is 16.5. The van der Waals surface area contributed by atoms with Crippen LogP contribution in [-0.2, 0) is 19.9 Å². The van der Waals surface area contributed by atoms with E-state index in [1.165, 1.54) is 0 Å². The molecule has 6 heteroatoms. The molecule has 2 aromatic rings. The summed E-state index contributed by atoms with van der Waals surface area (Å²) in [5.41, 5.74) is 0.833. The number of ether oxygens (including phenoxy) is 2. The summed E-state index contributed by atoms with van der Waals surface area (Å²) in [6.45, 7) is 1.79. The van der Waals surface area contributed by atoms with Gasteiger partial charge in [-0.15, -0.1) is 5.10 Å². The first-order valence-electron chi connectivity index (χ1n) is 6.72. The number of hydrogen-bond acceptors (Lipinski definition) is 5. The molecule has 0 saturated carbocycles. The van der Waals surface area contributed by atoms with Gasteiger partial charge in [0.05, 0.1) is 25.5 Å². The van der Waals surface area contributed by atoms with Crippen LogP contribution in [-0.4, -0.2) is 39.9 Å². The predicted molar refractivity (Wildman–Crippen MR) is 78.6 cm³/mol. The molecule has 0 aliphatic rings. The van der Waals surface area contributed by atoms with Crippen LogP contribution in [0.2, 0.25) is 0 Å². The normalized spacial score (nSPS) is 13.8. The highest BCUT2D eigenvalue weighted by Gasteiger charge is 2.23. The smallest absolute Gasteiger partial charge is 0.160 e. The highest BCUT2D eigenvalue weighted by Crippen LogP contribution is 2.29. The van der Waals surface area contributed by atoms with E-state index < -0.39 is 5.60 Å². The van der Waals surface area contributed by atoms with Gasteiger partial charge in [0.2, 0.25) is 0 Å². The quantitative estimate of drug-likeness (QED) is 0.870. The van der Waals surface area contributed by atoms with E-state index in [9.17, 15) is 5.11 Å². The van der Waals surface area contributed by atoms with E-state index in [1.807, 2.05) is 24.4 Å². The third kappa shape index (κ3) is 3.95. The van der Waals surface area contributed by atoms with Crippen LogP contribution in [0.15, 0.2) is 24.4 Å². The second-order valence-electron chi connectivity index (χ2n) is 5.42. The number of hydrogen-bond donors (Lipinski definition) is 1. The second-order valence-corrected chi connectivity index (χ2v) is 5.42. The minimum Gasteiger partial charge on any atom is -0.493 e. The summed E-state index contributed by atoms with van der Waals surface area (Å²) in [5.74, 6) is 1.33. The van der Waals surface area contributed by atoms with Crippen molar-refractivity contribution in [2.24, 2.45) is 7.05 Å². The summed E-state index contributed by atoms with van der Waals surface area (Å²) in [6.07, 6.45) is 2.74. The number of rotatable bonds is 6. The number of nitrogens with zero attached hydrogens (tertiary/aromatic N) is 3. The molecule has 0 radical (unpaired) electrons. The minimum absolute atomic E-state index is 0.440. The Balaban J connectivity index is 2.12. The van der Waals surface area contributed by atoms with E-state index in [1.54, 1.807) is 32.9 Å². The zero-order valence-electron chi connectivity index (χ0n) is 12.8. The van der Waals surface area contributed by atoms with Crippen LogP contribution in [0.3, 0.4) is 0 Å². The molecular weight excluding hydrogens is 270 g/mol. The Morgan fingerprint density at radius 2 is 1.90 bits per heavy atom. The SMILES string of the molecule is COc1ccc(CC(C)(O)Cc2cn(C)nn2)cc1OC. The van der Waals surface area contributed by atoms with E-state index in [-0.39, 0.29) is 0 Å². The van der Waals surface area contributed by atoms with Gasteiger partial charge in [-0.25, -0.2) is 0 Å². The molecule has 6 nitrogen and oxygen atoms in total. The standard InChI is InChI=1S/C15H21N3O3/c1-15(19,9-12-10-18(2)17-16-12)8-11-5-6-13(20-3)14(7-11)21-4/h5-7,10,19H,8-9H2,1-4H3. The first-order valence-corrected chi connectivity index (χ1v) is 6.72. The fourth-order valence-electron chi connectivity index (χ4n) is 2.36. The zero-order chi connectivity index (χ0) is 15.5. The molecule has 21 heavy (non-hydrogen) atoms. The molecule has 0 bridgehead atoms. The lowest BCUT2D eigenvalue weighted by atomic mass is 9.92. The molecule has 1 aromatic heterocycles. The Bertz CT molecular complexity index is 608. The molecule has 0 amide bonds. The van der Waals surface area contributed by atoms with Crippen LogP contribution in [0.4, 0.5) is 0 Å². The summed E-state index contributed by atoms with van der Waals surface area (Å²) in [6, 6.07) is 5.64. The number of methoxy groups -OCH3 is 2. The van der Waals surface area contributed by atoms with Gasteiger partial charge in [0.1, 0.15) is 0 Å². The molecule has 0 spiro atoms. The third-order valence-corrected chi connectivity index (χ3v) is 3.24. The van der Waals surface area contributed by atoms with Gasteiger partial charge < -0.3 is 14.6 Å². The van der Waals surface area contributed by atoms with Crippen molar-refractivity contribution in [1.82, 2.24) is 15.0 Å². The number of aliphatic hydroxyl groups is 1. The lowest BCUT2D eigenvalue weighted by molar-refractivity contribution is 0.0597. The zero-order valence-corrected chi connectivity index (χ0v) is 12.8. The largest absolute Gasteiger partial charge is 0.493 e. The molecule has 2 rings (SSSR count). The summed E-state index contributed by atoms with van der Waals surface area (Å²) in [5, 5.41) is 18.5. The molecule has 1 heterocycles. The van der Waals surface area contributed by atoms with Crippen molar-refractivity contribution in [1.29, 1.82) is 0 Å². The maximum absolute atomic E-state index is 10.6. The van der Waals surface area contributed by atoms with E-state index in [2.05, 4.69) is 10.3 Å². The molecular formula is C15H21N3O3. The van der Waals surface area contributed by atoms with Crippen molar-refractivity contribution >= 4 is 0 Å². The Kier molecular flexibility index (Phi) is 4.47. The third-order valence-electron chi connectivity index (χ3n) is 3.24. The van der Waals surface area contributed by atoms with Gasteiger partial charge in [0, 0.05) is 26.1 Å². The van der Waals surface area contributed by atoms with E-state index >= 15 is 0 Å². The Morgan fingerprint density at radius 3 is 2.48 bits per heavy atom. The summed E-state index contributed by atoms with van der Waals surface area (Å²) in [4.78, 5) is 0. The Labute approximate surface area is 124 Å². The number of aryl methyl sites for hydroxylation is 1.